The molecular formula is C26H33FN4O4. The lowest BCUT2D eigenvalue weighted by molar-refractivity contribution is 0.0176. The third-order valence-corrected chi connectivity index (χ3v) is 5.95. The molecule has 2 aliphatic heterocycles. The number of fused-ring (bicyclic) bond motifs is 1. The Kier molecular flexibility index (Phi) is 6.89. The van der Waals surface area contributed by atoms with E-state index in [1.54, 1.807) is 39.0 Å². The molecule has 2 unspecified atom stereocenters. The average Bonchev–Trinajstić information content (AvgIpc) is 3.36. The predicted molar refractivity (Wildman–Crippen MR) is 132 cm³/mol. The molecule has 188 valence electrons. The molecule has 4 rings (SSSR count). The molecule has 0 aromatic heterocycles. The summed E-state index contributed by atoms with van der Waals surface area (Å²) < 4.78 is 25.0. The minimum absolute atomic E-state index is 0.191. The molecule has 9 heteroatoms. The van der Waals surface area contributed by atoms with E-state index in [2.05, 4.69) is 29.8 Å². The number of rotatable bonds is 5. The molecule has 3 atom stereocenters. The summed E-state index contributed by atoms with van der Waals surface area (Å²) in [5.74, 6) is -0.443. The van der Waals surface area contributed by atoms with Gasteiger partial charge in [0.05, 0.1) is 29.5 Å². The standard InChI is InChI=1S/C26H33FN4O4/c1-15(2)16-6-8-17(9-7-16)23(32)34-22-14-31(25(33)35-26(3,4)5)13-21(22)30-24-28-19-11-10-18(27)12-20(19)29-24/h6-12,15,21-22,24,28-30H,13-14H2,1-5H3/t21?,22-,24?/m0/s1. The van der Waals surface area contributed by atoms with Crippen LogP contribution in [0.15, 0.2) is 42.5 Å². The van der Waals surface area contributed by atoms with Crippen LogP contribution >= 0.6 is 0 Å². The van der Waals surface area contributed by atoms with Crippen LogP contribution < -0.4 is 16.0 Å². The number of benzene rings is 2. The van der Waals surface area contributed by atoms with Crippen molar-refractivity contribution in [2.75, 3.05) is 23.7 Å². The first-order chi connectivity index (χ1) is 16.5. The van der Waals surface area contributed by atoms with Crippen LogP contribution in [0.5, 0.6) is 0 Å². The summed E-state index contributed by atoms with van der Waals surface area (Å²) in [6.07, 6.45) is -1.51. The molecular weight excluding hydrogens is 451 g/mol. The molecule has 2 heterocycles. The van der Waals surface area contributed by atoms with Gasteiger partial charge in [0.2, 0.25) is 0 Å². The van der Waals surface area contributed by atoms with Gasteiger partial charge in [0.15, 0.2) is 6.29 Å². The molecule has 1 saturated heterocycles. The second-order valence-corrected chi connectivity index (χ2v) is 10.3. The third kappa shape index (κ3) is 6.03. The SMILES string of the molecule is CC(C)c1ccc(C(=O)O[C@H]2CN(C(=O)OC(C)(C)C)CC2NC2Nc3ccc(F)cc3N2)cc1. The van der Waals surface area contributed by atoms with Gasteiger partial charge in [-0.2, -0.15) is 0 Å². The summed E-state index contributed by atoms with van der Waals surface area (Å²) in [5, 5.41) is 9.75. The van der Waals surface area contributed by atoms with E-state index < -0.39 is 30.1 Å². The van der Waals surface area contributed by atoms with E-state index in [-0.39, 0.29) is 24.9 Å². The number of carbonyl (C=O) groups excluding carboxylic acids is 2. The number of hydrogen-bond donors (Lipinski definition) is 3. The molecule has 35 heavy (non-hydrogen) atoms. The van der Waals surface area contributed by atoms with E-state index in [0.717, 1.165) is 11.3 Å². The summed E-state index contributed by atoms with van der Waals surface area (Å²) in [6, 6.07) is 11.4. The van der Waals surface area contributed by atoms with Gasteiger partial charge in [-0.05, 0) is 62.6 Å². The van der Waals surface area contributed by atoms with E-state index in [0.29, 0.717) is 17.2 Å². The van der Waals surface area contributed by atoms with E-state index >= 15 is 0 Å². The Balaban J connectivity index is 1.47. The first-order valence-electron chi connectivity index (χ1n) is 11.9. The number of likely N-dealkylation sites (tertiary alicyclic amines) is 1. The highest BCUT2D eigenvalue weighted by molar-refractivity contribution is 5.89. The maximum atomic E-state index is 13.6. The number of nitrogens with one attached hydrogen (secondary N) is 3. The van der Waals surface area contributed by atoms with Crippen molar-refractivity contribution in [1.29, 1.82) is 0 Å². The van der Waals surface area contributed by atoms with E-state index in [9.17, 15) is 14.0 Å². The monoisotopic (exact) mass is 484 g/mol. The van der Waals surface area contributed by atoms with Crippen molar-refractivity contribution in [1.82, 2.24) is 10.2 Å². The molecule has 0 aliphatic carbocycles. The number of ether oxygens (including phenoxy) is 2. The maximum Gasteiger partial charge on any atom is 0.410 e. The highest BCUT2D eigenvalue weighted by Crippen LogP contribution is 2.29. The van der Waals surface area contributed by atoms with Gasteiger partial charge in [-0.15, -0.1) is 0 Å². The minimum Gasteiger partial charge on any atom is -0.455 e. The quantitative estimate of drug-likeness (QED) is 0.538. The Labute approximate surface area is 205 Å². The highest BCUT2D eigenvalue weighted by Gasteiger charge is 2.41. The van der Waals surface area contributed by atoms with Gasteiger partial charge in [-0.3, -0.25) is 5.32 Å². The number of halogens is 1. The molecule has 2 aromatic rings. The van der Waals surface area contributed by atoms with Crippen LogP contribution in [0.4, 0.5) is 20.6 Å². The third-order valence-electron chi connectivity index (χ3n) is 5.95. The fraction of sp³-hybridized carbons (Fsp3) is 0.462. The number of carbonyl (C=O) groups is 2. The van der Waals surface area contributed by atoms with Gasteiger partial charge in [0, 0.05) is 6.54 Å². The first-order valence-corrected chi connectivity index (χ1v) is 11.9. The first kappa shape index (κ1) is 24.8. The van der Waals surface area contributed by atoms with Crippen LogP contribution in [-0.4, -0.2) is 54.1 Å². The summed E-state index contributed by atoms with van der Waals surface area (Å²) in [6.45, 7) is 10.1. The zero-order valence-corrected chi connectivity index (χ0v) is 20.7. The van der Waals surface area contributed by atoms with Crippen molar-refractivity contribution < 1.29 is 23.5 Å². The lowest BCUT2D eigenvalue weighted by Crippen LogP contribution is -2.51. The van der Waals surface area contributed by atoms with Crippen molar-refractivity contribution in [3.05, 3.63) is 59.4 Å². The molecule has 2 aliphatic rings. The molecule has 1 amide bonds. The van der Waals surface area contributed by atoms with Crippen LogP contribution in [0.3, 0.4) is 0 Å². The Bertz CT molecular complexity index is 1080. The van der Waals surface area contributed by atoms with Crippen LogP contribution in [0.2, 0.25) is 0 Å². The largest absolute Gasteiger partial charge is 0.455 e. The Morgan fingerprint density at radius 1 is 1.06 bits per heavy atom. The molecule has 3 N–H and O–H groups in total. The number of amides is 1. The topological polar surface area (TPSA) is 91.9 Å². The van der Waals surface area contributed by atoms with Crippen LogP contribution in [0, 0.1) is 5.82 Å². The second-order valence-electron chi connectivity index (χ2n) is 10.3. The minimum atomic E-state index is -0.646. The van der Waals surface area contributed by atoms with Crippen LogP contribution in [0.25, 0.3) is 0 Å². The van der Waals surface area contributed by atoms with Crippen molar-refractivity contribution in [2.45, 2.75) is 64.6 Å². The van der Waals surface area contributed by atoms with Crippen molar-refractivity contribution >= 4 is 23.4 Å². The molecule has 2 aromatic carbocycles. The lowest BCUT2D eigenvalue weighted by atomic mass is 10.0. The fourth-order valence-electron chi connectivity index (χ4n) is 4.14. The summed E-state index contributed by atoms with van der Waals surface area (Å²) in [4.78, 5) is 27.2. The number of hydrogen-bond acceptors (Lipinski definition) is 7. The Morgan fingerprint density at radius 3 is 2.40 bits per heavy atom. The van der Waals surface area contributed by atoms with E-state index in [1.807, 2.05) is 12.1 Å². The van der Waals surface area contributed by atoms with Gasteiger partial charge >= 0.3 is 12.1 Å². The highest BCUT2D eigenvalue weighted by atomic mass is 19.1. The zero-order chi connectivity index (χ0) is 25.3. The maximum absolute atomic E-state index is 13.6. The van der Waals surface area contributed by atoms with Gasteiger partial charge in [-0.25, -0.2) is 14.0 Å². The van der Waals surface area contributed by atoms with E-state index in [1.165, 1.54) is 17.0 Å². The van der Waals surface area contributed by atoms with Gasteiger partial charge in [0.25, 0.3) is 0 Å². The molecule has 8 nitrogen and oxygen atoms in total. The zero-order valence-electron chi connectivity index (χ0n) is 20.7. The average molecular weight is 485 g/mol. The summed E-state index contributed by atoms with van der Waals surface area (Å²) in [5.41, 5.74) is 2.32. The Morgan fingerprint density at radius 2 is 1.74 bits per heavy atom. The second kappa shape index (κ2) is 9.73. The van der Waals surface area contributed by atoms with Crippen LogP contribution in [0.1, 0.15) is 56.5 Å². The van der Waals surface area contributed by atoms with Crippen LogP contribution in [-0.2, 0) is 9.47 Å². The van der Waals surface area contributed by atoms with Gasteiger partial charge in [0.1, 0.15) is 17.5 Å². The number of nitrogens with zero attached hydrogens (tertiary/aromatic N) is 1. The molecule has 1 fully saturated rings. The predicted octanol–water partition coefficient (Wildman–Crippen LogP) is 4.50. The van der Waals surface area contributed by atoms with E-state index in [4.69, 9.17) is 9.47 Å². The van der Waals surface area contributed by atoms with Gasteiger partial charge < -0.3 is 25.0 Å². The van der Waals surface area contributed by atoms with Crippen molar-refractivity contribution in [3.63, 3.8) is 0 Å². The molecule has 0 radical (unpaired) electrons. The number of esters is 1. The lowest BCUT2D eigenvalue weighted by Gasteiger charge is -2.25. The summed E-state index contributed by atoms with van der Waals surface area (Å²) >= 11 is 0. The van der Waals surface area contributed by atoms with Gasteiger partial charge in [-0.1, -0.05) is 26.0 Å². The Hall–Kier alpha value is -3.33. The number of anilines is 2. The molecule has 0 spiro atoms. The molecule has 0 saturated carbocycles. The van der Waals surface area contributed by atoms with Crippen molar-refractivity contribution in [2.24, 2.45) is 0 Å². The fourth-order valence-corrected chi connectivity index (χ4v) is 4.14. The molecule has 0 bridgehead atoms. The van der Waals surface area contributed by atoms with Crippen molar-refractivity contribution in [3.8, 4) is 0 Å². The normalized spacial score (nSPS) is 21.3. The summed E-state index contributed by atoms with van der Waals surface area (Å²) in [7, 11) is 0. The smallest absolute Gasteiger partial charge is 0.410 e.